The maximum absolute atomic E-state index is 11.8. The van der Waals surface area contributed by atoms with Crippen LogP contribution >= 0.6 is 11.3 Å². The van der Waals surface area contributed by atoms with E-state index in [-0.39, 0.29) is 18.4 Å². The van der Waals surface area contributed by atoms with Gasteiger partial charge in [-0.3, -0.25) is 14.3 Å². The molecular weight excluding hydrogens is 266 g/mol. The molecule has 8 heteroatoms. The second kappa shape index (κ2) is 5.61. The Labute approximate surface area is 113 Å². The molecular formula is C11H13N5O2S. The van der Waals surface area contributed by atoms with E-state index in [0.29, 0.717) is 10.8 Å². The van der Waals surface area contributed by atoms with Crippen molar-refractivity contribution in [2.24, 2.45) is 7.05 Å². The van der Waals surface area contributed by atoms with Gasteiger partial charge in [-0.05, 0) is 13.0 Å². The molecule has 2 heterocycles. The SMILES string of the molecule is Cc1cc(C(=O)NCC(=O)Nc2nccs2)n(C)n1. The Balaban J connectivity index is 1.87. The summed E-state index contributed by atoms with van der Waals surface area (Å²) in [5, 5.41) is 11.4. The molecule has 2 aromatic rings. The molecule has 0 fully saturated rings. The molecule has 0 spiro atoms. The van der Waals surface area contributed by atoms with E-state index in [1.807, 2.05) is 0 Å². The van der Waals surface area contributed by atoms with Crippen LogP contribution in [0.5, 0.6) is 0 Å². The molecule has 2 aromatic heterocycles. The number of hydrogen-bond acceptors (Lipinski definition) is 5. The van der Waals surface area contributed by atoms with Gasteiger partial charge in [-0.1, -0.05) is 0 Å². The first-order valence-corrected chi connectivity index (χ1v) is 6.42. The molecule has 2 amide bonds. The first kappa shape index (κ1) is 13.2. The number of thiazole rings is 1. The smallest absolute Gasteiger partial charge is 0.269 e. The first-order chi connectivity index (χ1) is 9.06. The minimum atomic E-state index is -0.336. The topological polar surface area (TPSA) is 88.9 Å². The number of aromatic nitrogens is 3. The van der Waals surface area contributed by atoms with Crippen molar-refractivity contribution in [3.05, 3.63) is 29.0 Å². The number of anilines is 1. The van der Waals surface area contributed by atoms with Gasteiger partial charge in [0.15, 0.2) is 5.13 Å². The highest BCUT2D eigenvalue weighted by Gasteiger charge is 2.13. The predicted molar refractivity (Wildman–Crippen MR) is 71.0 cm³/mol. The average Bonchev–Trinajstić information content (AvgIpc) is 2.96. The van der Waals surface area contributed by atoms with E-state index < -0.39 is 0 Å². The number of carbonyl (C=O) groups excluding carboxylic acids is 2. The minimum absolute atomic E-state index is 0.108. The molecule has 0 saturated heterocycles. The Morgan fingerprint density at radius 1 is 1.47 bits per heavy atom. The van der Waals surface area contributed by atoms with E-state index in [2.05, 4.69) is 20.7 Å². The van der Waals surface area contributed by atoms with Crippen molar-refractivity contribution in [3.63, 3.8) is 0 Å². The molecule has 0 unspecified atom stereocenters. The summed E-state index contributed by atoms with van der Waals surface area (Å²) in [5.74, 6) is -0.653. The summed E-state index contributed by atoms with van der Waals surface area (Å²) in [6, 6.07) is 1.66. The number of aryl methyl sites for hydroxylation is 2. The van der Waals surface area contributed by atoms with E-state index in [4.69, 9.17) is 0 Å². The lowest BCUT2D eigenvalue weighted by Crippen LogP contribution is -2.33. The summed E-state index contributed by atoms with van der Waals surface area (Å²) >= 11 is 1.32. The van der Waals surface area contributed by atoms with Gasteiger partial charge in [-0.15, -0.1) is 11.3 Å². The second-order valence-corrected chi connectivity index (χ2v) is 4.76. The van der Waals surface area contributed by atoms with Gasteiger partial charge in [0.2, 0.25) is 5.91 Å². The van der Waals surface area contributed by atoms with Crippen LogP contribution in [0.25, 0.3) is 0 Å². The molecule has 0 aliphatic carbocycles. The van der Waals surface area contributed by atoms with Crippen molar-refractivity contribution in [3.8, 4) is 0 Å². The molecule has 0 saturated carbocycles. The van der Waals surface area contributed by atoms with E-state index in [1.165, 1.54) is 16.0 Å². The molecule has 0 aliphatic heterocycles. The van der Waals surface area contributed by atoms with Gasteiger partial charge in [-0.2, -0.15) is 5.10 Å². The molecule has 0 atom stereocenters. The van der Waals surface area contributed by atoms with Gasteiger partial charge >= 0.3 is 0 Å². The number of hydrogen-bond donors (Lipinski definition) is 2. The molecule has 100 valence electrons. The molecule has 2 rings (SSSR count). The van der Waals surface area contributed by atoms with E-state index in [9.17, 15) is 9.59 Å². The van der Waals surface area contributed by atoms with Gasteiger partial charge in [0.25, 0.3) is 5.91 Å². The number of amides is 2. The quantitative estimate of drug-likeness (QED) is 0.855. The van der Waals surface area contributed by atoms with Gasteiger partial charge in [0.05, 0.1) is 12.2 Å². The van der Waals surface area contributed by atoms with Crippen LogP contribution in [0, 0.1) is 6.92 Å². The number of rotatable bonds is 4. The summed E-state index contributed by atoms with van der Waals surface area (Å²) in [5.41, 5.74) is 1.17. The van der Waals surface area contributed by atoms with Crippen molar-refractivity contribution in [1.29, 1.82) is 0 Å². The highest BCUT2D eigenvalue weighted by molar-refractivity contribution is 7.13. The lowest BCUT2D eigenvalue weighted by atomic mass is 10.3. The third kappa shape index (κ3) is 3.38. The van der Waals surface area contributed by atoms with Gasteiger partial charge in [0, 0.05) is 18.6 Å². The minimum Gasteiger partial charge on any atom is -0.342 e. The van der Waals surface area contributed by atoms with E-state index in [1.54, 1.807) is 31.6 Å². The third-order valence-electron chi connectivity index (χ3n) is 2.32. The Bertz CT molecular complexity index is 590. The lowest BCUT2D eigenvalue weighted by Gasteiger charge is -2.04. The fourth-order valence-electron chi connectivity index (χ4n) is 1.52. The highest BCUT2D eigenvalue weighted by Crippen LogP contribution is 2.09. The van der Waals surface area contributed by atoms with Crippen molar-refractivity contribution in [1.82, 2.24) is 20.1 Å². The number of carbonyl (C=O) groups is 2. The fraction of sp³-hybridized carbons (Fsp3) is 0.273. The van der Waals surface area contributed by atoms with Crippen molar-refractivity contribution < 1.29 is 9.59 Å². The molecule has 0 aromatic carbocycles. The Hall–Kier alpha value is -2.22. The Kier molecular flexibility index (Phi) is 3.91. The number of nitrogens with zero attached hydrogens (tertiary/aromatic N) is 3. The van der Waals surface area contributed by atoms with Gasteiger partial charge in [0.1, 0.15) is 5.69 Å². The molecule has 7 nitrogen and oxygen atoms in total. The zero-order valence-electron chi connectivity index (χ0n) is 10.5. The summed E-state index contributed by atoms with van der Waals surface area (Å²) in [4.78, 5) is 27.3. The van der Waals surface area contributed by atoms with E-state index >= 15 is 0 Å². The first-order valence-electron chi connectivity index (χ1n) is 5.54. The maximum atomic E-state index is 11.8. The standard InChI is InChI=1S/C11H13N5O2S/c1-7-5-8(16(2)15-7)10(18)13-6-9(17)14-11-12-3-4-19-11/h3-5H,6H2,1-2H3,(H,13,18)(H,12,14,17). The summed E-state index contributed by atoms with van der Waals surface area (Å²) in [6.07, 6.45) is 1.59. The van der Waals surface area contributed by atoms with Crippen LogP contribution in [0.2, 0.25) is 0 Å². The van der Waals surface area contributed by atoms with Gasteiger partial charge < -0.3 is 10.6 Å². The zero-order chi connectivity index (χ0) is 13.8. The number of nitrogens with one attached hydrogen (secondary N) is 2. The van der Waals surface area contributed by atoms with E-state index in [0.717, 1.165) is 5.69 Å². The zero-order valence-corrected chi connectivity index (χ0v) is 11.3. The molecule has 2 N–H and O–H groups in total. The van der Waals surface area contributed by atoms with Crippen LogP contribution in [0.15, 0.2) is 17.6 Å². The predicted octanol–water partition coefficient (Wildman–Crippen LogP) is 0.554. The largest absolute Gasteiger partial charge is 0.342 e. The van der Waals surface area contributed by atoms with Crippen LogP contribution in [0.3, 0.4) is 0 Å². The average molecular weight is 279 g/mol. The summed E-state index contributed by atoms with van der Waals surface area (Å²) in [7, 11) is 1.68. The van der Waals surface area contributed by atoms with Crippen molar-refractivity contribution >= 4 is 28.3 Å². The molecule has 0 bridgehead atoms. The fourth-order valence-corrected chi connectivity index (χ4v) is 2.07. The Morgan fingerprint density at radius 3 is 2.84 bits per heavy atom. The molecule has 0 aliphatic rings. The van der Waals surface area contributed by atoms with Crippen LogP contribution in [-0.2, 0) is 11.8 Å². The third-order valence-corrected chi connectivity index (χ3v) is 3.01. The monoisotopic (exact) mass is 279 g/mol. The summed E-state index contributed by atoms with van der Waals surface area (Å²) < 4.78 is 1.48. The van der Waals surface area contributed by atoms with Gasteiger partial charge in [-0.25, -0.2) is 4.98 Å². The Morgan fingerprint density at radius 2 is 2.26 bits per heavy atom. The summed E-state index contributed by atoms with van der Waals surface area (Å²) in [6.45, 7) is 1.69. The van der Waals surface area contributed by atoms with Crippen molar-refractivity contribution in [2.45, 2.75) is 6.92 Å². The van der Waals surface area contributed by atoms with Crippen LogP contribution in [0.4, 0.5) is 5.13 Å². The van der Waals surface area contributed by atoms with Crippen LogP contribution < -0.4 is 10.6 Å². The maximum Gasteiger partial charge on any atom is 0.269 e. The highest BCUT2D eigenvalue weighted by atomic mass is 32.1. The van der Waals surface area contributed by atoms with Crippen LogP contribution in [0.1, 0.15) is 16.2 Å². The molecule has 0 radical (unpaired) electrons. The second-order valence-electron chi connectivity index (χ2n) is 3.86. The normalized spacial score (nSPS) is 10.2. The lowest BCUT2D eigenvalue weighted by molar-refractivity contribution is -0.115. The molecule has 19 heavy (non-hydrogen) atoms. The van der Waals surface area contributed by atoms with Crippen LogP contribution in [-0.4, -0.2) is 33.1 Å². The van der Waals surface area contributed by atoms with Crippen molar-refractivity contribution in [2.75, 3.05) is 11.9 Å².